The number of quaternary nitrogens is 1. The van der Waals surface area contributed by atoms with Gasteiger partial charge in [-0.05, 0) is 26.2 Å². The number of hydrogen-bond acceptors (Lipinski definition) is 2. The Labute approximate surface area is 109 Å². The molecule has 19 heavy (non-hydrogen) atoms. The minimum atomic E-state index is -4.48. The second kappa shape index (κ2) is 6.74. The fraction of sp³-hybridized carbons (Fsp3) is 0.818. The van der Waals surface area contributed by atoms with E-state index >= 15 is 0 Å². The van der Waals surface area contributed by atoms with E-state index in [2.05, 4.69) is 0 Å². The van der Waals surface area contributed by atoms with E-state index in [1.54, 1.807) is 5.32 Å². The molecule has 1 rings (SSSR count). The van der Waals surface area contributed by atoms with Crippen LogP contribution in [0.4, 0.5) is 18.0 Å². The van der Waals surface area contributed by atoms with Gasteiger partial charge in [-0.1, -0.05) is 0 Å². The van der Waals surface area contributed by atoms with Crippen LogP contribution in [0.3, 0.4) is 0 Å². The molecular weight excluding hydrogens is 263 g/mol. The van der Waals surface area contributed by atoms with Crippen LogP contribution in [0.5, 0.6) is 0 Å². The highest BCUT2D eigenvalue weighted by Gasteiger charge is 2.29. The Balaban J connectivity index is 2.28. The van der Waals surface area contributed by atoms with Crippen LogP contribution in [0.2, 0.25) is 0 Å². The summed E-state index contributed by atoms with van der Waals surface area (Å²) >= 11 is 0. The molecule has 0 radical (unpaired) electrons. The molecule has 0 aromatic carbocycles. The van der Waals surface area contributed by atoms with Crippen LogP contribution < -0.4 is 15.5 Å². The number of amides is 3. The Morgan fingerprint density at radius 3 is 2.58 bits per heavy atom. The van der Waals surface area contributed by atoms with Crippen LogP contribution in [-0.4, -0.2) is 43.8 Å². The molecule has 1 unspecified atom stereocenters. The van der Waals surface area contributed by atoms with E-state index in [4.69, 9.17) is 0 Å². The molecule has 1 heterocycles. The quantitative estimate of drug-likeness (QED) is 0.673. The Hall–Kier alpha value is -1.31. The zero-order chi connectivity index (χ0) is 14.5. The van der Waals surface area contributed by atoms with Gasteiger partial charge in [0, 0.05) is 0 Å². The highest BCUT2D eigenvalue weighted by Crippen LogP contribution is 2.11. The third kappa shape index (κ3) is 6.42. The maximum atomic E-state index is 11.8. The number of alkyl halides is 3. The van der Waals surface area contributed by atoms with E-state index in [-0.39, 0.29) is 6.54 Å². The van der Waals surface area contributed by atoms with Gasteiger partial charge in [-0.25, -0.2) is 4.79 Å². The van der Waals surface area contributed by atoms with Crippen LogP contribution >= 0.6 is 0 Å². The van der Waals surface area contributed by atoms with Gasteiger partial charge >= 0.3 is 12.2 Å². The van der Waals surface area contributed by atoms with Gasteiger partial charge in [0.1, 0.15) is 6.54 Å². The van der Waals surface area contributed by atoms with Crippen molar-refractivity contribution in [1.82, 2.24) is 10.6 Å². The summed E-state index contributed by atoms with van der Waals surface area (Å²) in [5.74, 6) is -0.552. The molecule has 1 saturated heterocycles. The van der Waals surface area contributed by atoms with Gasteiger partial charge in [0.15, 0.2) is 6.54 Å². The molecule has 1 aliphatic heterocycles. The molecule has 0 saturated carbocycles. The van der Waals surface area contributed by atoms with Crippen molar-refractivity contribution >= 4 is 11.9 Å². The predicted molar refractivity (Wildman–Crippen MR) is 61.6 cm³/mol. The SMILES string of the molecule is C[C@H]1CCCC[NH+]1CC(=O)NC(=O)NCC(F)(F)F. The number of carbonyl (C=O) groups excluding carboxylic acids is 2. The smallest absolute Gasteiger partial charge is 0.329 e. The second-order valence-electron chi connectivity index (χ2n) is 4.83. The van der Waals surface area contributed by atoms with Gasteiger partial charge < -0.3 is 10.2 Å². The second-order valence-corrected chi connectivity index (χ2v) is 4.83. The topological polar surface area (TPSA) is 62.6 Å². The van der Waals surface area contributed by atoms with Crippen molar-refractivity contribution in [2.75, 3.05) is 19.6 Å². The summed E-state index contributed by atoms with van der Waals surface area (Å²) < 4.78 is 35.5. The average Bonchev–Trinajstić information content (AvgIpc) is 2.29. The molecule has 5 nitrogen and oxygen atoms in total. The normalized spacial score (nSPS) is 23.8. The molecule has 2 atom stereocenters. The summed E-state index contributed by atoms with van der Waals surface area (Å²) in [6, 6.07) is -0.774. The summed E-state index contributed by atoms with van der Waals surface area (Å²) in [4.78, 5) is 23.7. The van der Waals surface area contributed by atoms with E-state index in [1.807, 2.05) is 12.2 Å². The van der Waals surface area contributed by atoms with E-state index in [0.717, 1.165) is 30.7 Å². The molecule has 1 aliphatic rings. The molecule has 8 heteroatoms. The van der Waals surface area contributed by atoms with Crippen LogP contribution in [0.15, 0.2) is 0 Å². The van der Waals surface area contributed by atoms with Crippen molar-refractivity contribution in [3.63, 3.8) is 0 Å². The molecule has 3 N–H and O–H groups in total. The predicted octanol–water partition coefficient (Wildman–Crippen LogP) is -0.168. The summed E-state index contributed by atoms with van der Waals surface area (Å²) in [6.07, 6.45) is -1.32. The maximum absolute atomic E-state index is 11.8. The number of carbonyl (C=O) groups is 2. The Kier molecular flexibility index (Phi) is 5.59. The van der Waals surface area contributed by atoms with E-state index in [0.29, 0.717) is 6.04 Å². The third-order valence-corrected chi connectivity index (χ3v) is 3.17. The zero-order valence-electron chi connectivity index (χ0n) is 10.8. The number of hydrogen-bond donors (Lipinski definition) is 3. The largest absolute Gasteiger partial charge is 0.405 e. The number of imide groups is 1. The fourth-order valence-electron chi connectivity index (χ4n) is 2.12. The van der Waals surface area contributed by atoms with Gasteiger partial charge in [0.2, 0.25) is 0 Å². The highest BCUT2D eigenvalue weighted by molar-refractivity contribution is 5.94. The van der Waals surface area contributed by atoms with Crippen molar-refractivity contribution in [2.24, 2.45) is 0 Å². The number of piperidine rings is 1. The van der Waals surface area contributed by atoms with E-state index in [1.165, 1.54) is 0 Å². The van der Waals surface area contributed by atoms with Crippen LogP contribution in [0.1, 0.15) is 26.2 Å². The van der Waals surface area contributed by atoms with Gasteiger partial charge in [-0.15, -0.1) is 0 Å². The number of rotatable bonds is 3. The molecule has 1 fully saturated rings. The van der Waals surface area contributed by atoms with Crippen LogP contribution in [-0.2, 0) is 4.79 Å². The van der Waals surface area contributed by atoms with E-state index < -0.39 is 24.7 Å². The van der Waals surface area contributed by atoms with Gasteiger partial charge in [-0.2, -0.15) is 13.2 Å². The van der Waals surface area contributed by atoms with Gasteiger partial charge in [-0.3, -0.25) is 10.1 Å². The minimum absolute atomic E-state index is 0.112. The van der Waals surface area contributed by atoms with Crippen LogP contribution in [0, 0.1) is 0 Å². The summed E-state index contributed by atoms with van der Waals surface area (Å²) in [5.41, 5.74) is 0. The summed E-state index contributed by atoms with van der Waals surface area (Å²) in [6.45, 7) is 1.53. The number of urea groups is 1. The molecule has 3 amide bonds. The van der Waals surface area contributed by atoms with Crippen molar-refractivity contribution < 1.29 is 27.7 Å². The monoisotopic (exact) mass is 282 g/mol. The lowest BCUT2D eigenvalue weighted by atomic mass is 10.0. The van der Waals surface area contributed by atoms with Crippen molar-refractivity contribution in [3.8, 4) is 0 Å². The Morgan fingerprint density at radius 1 is 1.32 bits per heavy atom. The summed E-state index contributed by atoms with van der Waals surface area (Å²) in [7, 11) is 0. The number of halogens is 3. The molecule has 0 spiro atoms. The standard InChI is InChI=1S/C11H18F3N3O2/c1-8-4-2-3-5-17(8)6-9(18)16-10(19)15-7-11(12,13)14/h8H,2-7H2,1H3,(H2,15,16,18,19)/p+1/t8-/m0/s1. The maximum Gasteiger partial charge on any atom is 0.405 e. The van der Waals surface area contributed by atoms with Gasteiger partial charge in [0.05, 0.1) is 12.6 Å². The zero-order valence-corrected chi connectivity index (χ0v) is 10.8. The molecule has 0 aromatic rings. The molecule has 0 aromatic heterocycles. The first-order valence-corrected chi connectivity index (χ1v) is 6.27. The average molecular weight is 282 g/mol. The van der Waals surface area contributed by atoms with Crippen molar-refractivity contribution in [3.05, 3.63) is 0 Å². The first kappa shape index (κ1) is 15.7. The van der Waals surface area contributed by atoms with Gasteiger partial charge in [0.25, 0.3) is 5.91 Å². The molecule has 0 aliphatic carbocycles. The highest BCUT2D eigenvalue weighted by atomic mass is 19.4. The van der Waals surface area contributed by atoms with Crippen molar-refractivity contribution in [2.45, 2.75) is 38.4 Å². The van der Waals surface area contributed by atoms with Crippen LogP contribution in [0.25, 0.3) is 0 Å². The molecule has 110 valence electrons. The number of nitrogens with one attached hydrogen (secondary N) is 3. The van der Waals surface area contributed by atoms with E-state index in [9.17, 15) is 22.8 Å². The first-order chi connectivity index (χ1) is 8.78. The lowest BCUT2D eigenvalue weighted by Crippen LogP contribution is -3.17. The minimum Gasteiger partial charge on any atom is -0.329 e. The lowest BCUT2D eigenvalue weighted by molar-refractivity contribution is -0.920. The molecule has 0 bridgehead atoms. The Morgan fingerprint density at radius 2 is 2.00 bits per heavy atom. The van der Waals surface area contributed by atoms with Crippen molar-refractivity contribution in [1.29, 1.82) is 0 Å². The fourth-order valence-corrected chi connectivity index (χ4v) is 2.12. The third-order valence-electron chi connectivity index (χ3n) is 3.17. The number of likely N-dealkylation sites (tertiary alicyclic amines) is 1. The summed E-state index contributed by atoms with van der Waals surface area (Å²) in [5, 5.41) is 3.51. The lowest BCUT2D eigenvalue weighted by Gasteiger charge is -2.29. The Bertz CT molecular complexity index is 334. The molecular formula is C11H19F3N3O2+. The first-order valence-electron chi connectivity index (χ1n) is 6.27.